The van der Waals surface area contributed by atoms with Gasteiger partial charge in [-0.3, -0.25) is 0 Å². The molecular formula is C16H16ClF2NO. The molecule has 0 amide bonds. The van der Waals surface area contributed by atoms with Crippen LogP contribution in [0.4, 0.5) is 8.78 Å². The van der Waals surface area contributed by atoms with Crippen LogP contribution in [0.2, 0.25) is 5.02 Å². The van der Waals surface area contributed by atoms with Gasteiger partial charge in [0.2, 0.25) is 0 Å². The lowest BCUT2D eigenvalue weighted by Gasteiger charge is -2.31. The minimum atomic E-state index is -0.903. The van der Waals surface area contributed by atoms with Crippen LogP contribution in [0.3, 0.4) is 0 Å². The topological polar surface area (TPSA) is 46.2 Å². The largest absolute Gasteiger partial charge is 0.395 e. The number of aliphatic hydroxyl groups excluding tert-OH is 1. The second-order valence-corrected chi connectivity index (χ2v) is 5.43. The smallest absolute Gasteiger partial charge is 0.127 e. The lowest BCUT2D eigenvalue weighted by atomic mass is 9.76. The first-order valence-electron chi connectivity index (χ1n) is 6.52. The highest BCUT2D eigenvalue weighted by Gasteiger charge is 2.32. The zero-order valence-corrected chi connectivity index (χ0v) is 12.1. The Balaban J connectivity index is 2.45. The van der Waals surface area contributed by atoms with Crippen molar-refractivity contribution >= 4 is 11.6 Å². The lowest BCUT2D eigenvalue weighted by Crippen LogP contribution is -2.41. The third-order valence-electron chi connectivity index (χ3n) is 3.73. The second-order valence-electron chi connectivity index (χ2n) is 5.03. The van der Waals surface area contributed by atoms with Crippen molar-refractivity contribution in [1.29, 1.82) is 0 Å². The molecule has 0 saturated heterocycles. The predicted octanol–water partition coefficient (Wildman–Crippen LogP) is 3.05. The molecule has 2 aromatic rings. The summed E-state index contributed by atoms with van der Waals surface area (Å²) in [6.45, 7) is -0.209. The van der Waals surface area contributed by atoms with Crippen LogP contribution in [0.25, 0.3) is 0 Å². The Morgan fingerprint density at radius 1 is 1.10 bits per heavy atom. The minimum absolute atomic E-state index is 0.0831. The van der Waals surface area contributed by atoms with Gasteiger partial charge in [0.1, 0.15) is 11.6 Å². The molecule has 21 heavy (non-hydrogen) atoms. The Bertz CT molecular complexity index is 592. The monoisotopic (exact) mass is 311 g/mol. The Labute approximate surface area is 127 Å². The molecular weight excluding hydrogens is 296 g/mol. The quantitative estimate of drug-likeness (QED) is 0.891. The summed E-state index contributed by atoms with van der Waals surface area (Å²) in [7, 11) is 0. The fraction of sp³-hybridized carbons (Fsp3) is 0.250. The first kappa shape index (κ1) is 15.9. The van der Waals surface area contributed by atoms with Gasteiger partial charge in [0.25, 0.3) is 0 Å². The van der Waals surface area contributed by atoms with Gasteiger partial charge < -0.3 is 10.8 Å². The van der Waals surface area contributed by atoms with Gasteiger partial charge in [0, 0.05) is 22.5 Å². The number of halogens is 3. The van der Waals surface area contributed by atoms with E-state index in [1.165, 1.54) is 24.3 Å². The van der Waals surface area contributed by atoms with Crippen molar-refractivity contribution in [3.63, 3.8) is 0 Å². The summed E-state index contributed by atoms with van der Waals surface area (Å²) in [5.74, 6) is -0.831. The van der Waals surface area contributed by atoms with Gasteiger partial charge in [-0.2, -0.15) is 0 Å². The van der Waals surface area contributed by atoms with Crippen LogP contribution >= 0.6 is 11.6 Å². The van der Waals surface area contributed by atoms with Crippen molar-refractivity contribution in [2.24, 2.45) is 5.73 Å². The maximum atomic E-state index is 14.0. The molecule has 0 radical (unpaired) electrons. The third kappa shape index (κ3) is 3.23. The summed E-state index contributed by atoms with van der Waals surface area (Å²) in [5.41, 5.74) is 5.85. The fourth-order valence-electron chi connectivity index (χ4n) is 2.35. The van der Waals surface area contributed by atoms with Crippen LogP contribution < -0.4 is 5.73 Å². The molecule has 0 aromatic heterocycles. The van der Waals surface area contributed by atoms with E-state index in [2.05, 4.69) is 0 Å². The van der Waals surface area contributed by atoms with Crippen molar-refractivity contribution in [1.82, 2.24) is 0 Å². The molecule has 0 spiro atoms. The molecule has 0 aliphatic carbocycles. The Morgan fingerprint density at radius 3 is 2.29 bits per heavy atom. The highest BCUT2D eigenvalue weighted by Crippen LogP contribution is 2.31. The molecule has 112 valence electrons. The van der Waals surface area contributed by atoms with Gasteiger partial charge in [-0.1, -0.05) is 29.8 Å². The molecule has 2 aromatic carbocycles. The van der Waals surface area contributed by atoms with E-state index in [-0.39, 0.29) is 30.4 Å². The first-order valence-corrected chi connectivity index (χ1v) is 6.90. The summed E-state index contributed by atoms with van der Waals surface area (Å²) in [6, 6.07) is 10.1. The lowest BCUT2D eigenvalue weighted by molar-refractivity contribution is 0.195. The number of hydrogen-bond donors (Lipinski definition) is 2. The van der Waals surface area contributed by atoms with Crippen LogP contribution in [0, 0.1) is 11.6 Å². The van der Waals surface area contributed by atoms with E-state index in [9.17, 15) is 13.9 Å². The number of hydrogen-bond acceptors (Lipinski definition) is 2. The van der Waals surface area contributed by atoms with E-state index in [1.807, 2.05) is 0 Å². The van der Waals surface area contributed by atoms with E-state index in [1.54, 1.807) is 18.2 Å². The predicted molar refractivity (Wildman–Crippen MR) is 79.3 cm³/mol. The maximum absolute atomic E-state index is 14.0. The molecule has 0 saturated carbocycles. The third-order valence-corrected chi connectivity index (χ3v) is 4.08. The Kier molecular flexibility index (Phi) is 4.93. The second kappa shape index (κ2) is 6.52. The summed E-state index contributed by atoms with van der Waals surface area (Å²) in [4.78, 5) is 0. The highest BCUT2D eigenvalue weighted by molar-refractivity contribution is 6.31. The molecule has 3 N–H and O–H groups in total. The van der Waals surface area contributed by atoms with Gasteiger partial charge in [-0.15, -0.1) is 0 Å². The zero-order valence-electron chi connectivity index (χ0n) is 11.3. The Hall–Kier alpha value is -1.49. The van der Waals surface area contributed by atoms with Gasteiger partial charge in [-0.05, 0) is 36.2 Å². The van der Waals surface area contributed by atoms with Crippen molar-refractivity contribution < 1.29 is 13.9 Å². The molecule has 0 fully saturated rings. The van der Waals surface area contributed by atoms with E-state index in [0.29, 0.717) is 11.1 Å². The SMILES string of the molecule is NCC(CO)(Cc1c(F)cccc1Cl)c1ccc(F)cc1. The van der Waals surface area contributed by atoms with Crippen molar-refractivity contribution in [3.05, 3.63) is 70.2 Å². The summed E-state index contributed by atoms with van der Waals surface area (Å²) >= 11 is 6.04. The van der Waals surface area contributed by atoms with Gasteiger partial charge >= 0.3 is 0 Å². The summed E-state index contributed by atoms with van der Waals surface area (Å²) < 4.78 is 27.0. The first-order chi connectivity index (χ1) is 10.0. The zero-order chi connectivity index (χ0) is 15.5. The molecule has 1 atom stereocenters. The number of aliphatic hydroxyl groups is 1. The summed E-state index contributed by atoms with van der Waals surface area (Å²) in [6.07, 6.45) is 0.136. The fourth-order valence-corrected chi connectivity index (χ4v) is 2.58. The van der Waals surface area contributed by atoms with Crippen LogP contribution in [-0.4, -0.2) is 18.3 Å². The van der Waals surface area contributed by atoms with E-state index in [0.717, 1.165) is 0 Å². The molecule has 2 rings (SSSR count). The molecule has 2 nitrogen and oxygen atoms in total. The summed E-state index contributed by atoms with van der Waals surface area (Å²) in [5, 5.41) is 10.1. The standard InChI is InChI=1S/C16H16ClF2NO/c17-14-2-1-3-15(19)13(14)8-16(9-20,10-21)11-4-6-12(18)7-5-11/h1-7,21H,8-10,20H2. The molecule has 5 heteroatoms. The number of rotatable bonds is 5. The normalized spacial score (nSPS) is 14.0. The average Bonchev–Trinajstić information content (AvgIpc) is 2.49. The Morgan fingerprint density at radius 2 is 1.76 bits per heavy atom. The van der Waals surface area contributed by atoms with Crippen LogP contribution in [0.1, 0.15) is 11.1 Å². The van der Waals surface area contributed by atoms with Gasteiger partial charge in [0.15, 0.2) is 0 Å². The van der Waals surface area contributed by atoms with Crippen molar-refractivity contribution in [3.8, 4) is 0 Å². The van der Waals surface area contributed by atoms with Gasteiger partial charge in [-0.25, -0.2) is 8.78 Å². The maximum Gasteiger partial charge on any atom is 0.127 e. The molecule has 1 unspecified atom stereocenters. The van der Waals surface area contributed by atoms with E-state index < -0.39 is 11.2 Å². The minimum Gasteiger partial charge on any atom is -0.395 e. The van der Waals surface area contributed by atoms with Crippen LogP contribution in [0.15, 0.2) is 42.5 Å². The molecule has 0 heterocycles. The van der Waals surface area contributed by atoms with Crippen molar-refractivity contribution in [2.45, 2.75) is 11.8 Å². The van der Waals surface area contributed by atoms with Crippen molar-refractivity contribution in [2.75, 3.05) is 13.2 Å². The van der Waals surface area contributed by atoms with Crippen LogP contribution in [0.5, 0.6) is 0 Å². The van der Waals surface area contributed by atoms with Gasteiger partial charge in [0.05, 0.1) is 6.61 Å². The van der Waals surface area contributed by atoms with E-state index >= 15 is 0 Å². The average molecular weight is 312 g/mol. The number of nitrogens with two attached hydrogens (primary N) is 1. The highest BCUT2D eigenvalue weighted by atomic mass is 35.5. The number of benzene rings is 2. The molecule has 0 bridgehead atoms. The molecule has 0 aliphatic heterocycles. The van der Waals surface area contributed by atoms with Crippen LogP contribution in [-0.2, 0) is 11.8 Å². The molecule has 0 aliphatic rings. The van der Waals surface area contributed by atoms with E-state index in [4.69, 9.17) is 17.3 Å².